The maximum atomic E-state index is 14.7. The molecule has 0 fully saturated rings. The van der Waals surface area contributed by atoms with E-state index in [0.29, 0.717) is 24.3 Å². The third-order valence-electron chi connectivity index (χ3n) is 4.71. The van der Waals surface area contributed by atoms with E-state index in [1.807, 2.05) is 0 Å². The summed E-state index contributed by atoms with van der Waals surface area (Å²) in [6, 6.07) is 1.83. The van der Waals surface area contributed by atoms with Gasteiger partial charge in [-0.15, -0.1) is 0 Å². The molecule has 0 heterocycles. The third kappa shape index (κ3) is 8.41. The molecule has 0 spiro atoms. The van der Waals surface area contributed by atoms with E-state index in [1.54, 1.807) is 5.32 Å². The van der Waals surface area contributed by atoms with Crippen molar-refractivity contribution in [1.29, 1.82) is 0 Å². The van der Waals surface area contributed by atoms with Crippen molar-refractivity contribution < 1.29 is 62.3 Å². The highest BCUT2D eigenvalue weighted by Gasteiger charge is 2.41. The van der Waals surface area contributed by atoms with Crippen LogP contribution in [-0.2, 0) is 11.0 Å². The van der Waals surface area contributed by atoms with Gasteiger partial charge in [0.05, 0.1) is 17.7 Å². The molecule has 38 heavy (non-hydrogen) atoms. The zero-order chi connectivity index (χ0) is 29.1. The lowest BCUT2D eigenvalue weighted by molar-refractivity contribution is -0.140. The number of allylic oxidation sites excluding steroid dienone is 1. The average Bonchev–Trinajstić information content (AvgIpc) is 2.79. The van der Waals surface area contributed by atoms with Crippen LogP contribution in [0.4, 0.5) is 52.7 Å². The van der Waals surface area contributed by atoms with Crippen LogP contribution in [0.15, 0.2) is 42.5 Å². The molecule has 0 radical (unpaired) electrons. The van der Waals surface area contributed by atoms with Gasteiger partial charge >= 0.3 is 18.5 Å². The highest BCUT2D eigenvalue weighted by molar-refractivity contribution is 5.98. The average molecular weight is 566 g/mol. The fourth-order valence-corrected chi connectivity index (χ4v) is 2.97. The van der Waals surface area contributed by atoms with E-state index in [-0.39, 0.29) is 18.2 Å². The Morgan fingerprint density at radius 2 is 1.47 bits per heavy atom. The summed E-state index contributed by atoms with van der Waals surface area (Å²) >= 11 is 0. The molecule has 0 saturated carbocycles. The first-order valence-electron chi connectivity index (χ1n) is 10.0. The summed E-state index contributed by atoms with van der Waals surface area (Å²) in [4.78, 5) is 23.5. The van der Waals surface area contributed by atoms with Crippen molar-refractivity contribution >= 4 is 17.6 Å². The standard InChI is InChI=1S/C22H14F12N2O2/c23-15-4-2-10(6-17(15)25)13(21(29,30)31)7-16(24)11-1-3-12(14(5-11)22(32,33)34)19(38)35-8-18(37)36-9-20(26,27)28/h1-7,13H,8-9H2,(H,35,38)(H,36,37). The number of nitrogens with one attached hydrogen (secondary N) is 2. The number of alkyl halides is 9. The van der Waals surface area contributed by atoms with E-state index < -0.39 is 89.1 Å². The molecule has 208 valence electrons. The molecule has 2 N–H and O–H groups in total. The van der Waals surface area contributed by atoms with E-state index >= 15 is 0 Å². The molecule has 16 heteroatoms. The predicted octanol–water partition coefficient (Wildman–Crippen LogP) is 6.05. The molecule has 4 nitrogen and oxygen atoms in total. The van der Waals surface area contributed by atoms with Gasteiger partial charge in [-0.25, -0.2) is 13.2 Å². The molecule has 2 aromatic carbocycles. The first kappa shape index (κ1) is 30.5. The first-order chi connectivity index (χ1) is 17.3. The summed E-state index contributed by atoms with van der Waals surface area (Å²) < 4.78 is 158. The van der Waals surface area contributed by atoms with Gasteiger partial charge in [-0.1, -0.05) is 12.1 Å². The van der Waals surface area contributed by atoms with Crippen molar-refractivity contribution in [2.75, 3.05) is 13.1 Å². The lowest BCUT2D eigenvalue weighted by atomic mass is 9.95. The summed E-state index contributed by atoms with van der Waals surface area (Å²) in [5.74, 6) is -10.9. The molecule has 2 aromatic rings. The van der Waals surface area contributed by atoms with Gasteiger partial charge in [0.2, 0.25) is 5.91 Å². The van der Waals surface area contributed by atoms with Crippen LogP contribution in [0.3, 0.4) is 0 Å². The number of carbonyl (C=O) groups is 2. The van der Waals surface area contributed by atoms with Crippen molar-refractivity contribution in [2.45, 2.75) is 24.4 Å². The molecule has 0 aliphatic rings. The van der Waals surface area contributed by atoms with Crippen LogP contribution >= 0.6 is 0 Å². The van der Waals surface area contributed by atoms with Crippen molar-refractivity contribution in [2.24, 2.45) is 0 Å². The second kappa shape index (κ2) is 11.3. The summed E-state index contributed by atoms with van der Waals surface area (Å²) in [6.45, 7) is -2.94. The zero-order valence-electron chi connectivity index (χ0n) is 18.4. The third-order valence-corrected chi connectivity index (χ3v) is 4.71. The van der Waals surface area contributed by atoms with Gasteiger partial charge in [0.15, 0.2) is 11.6 Å². The van der Waals surface area contributed by atoms with Crippen LogP contribution in [0.1, 0.15) is 33.0 Å². The van der Waals surface area contributed by atoms with Gasteiger partial charge in [-0.3, -0.25) is 9.59 Å². The van der Waals surface area contributed by atoms with Crippen molar-refractivity contribution in [3.05, 3.63) is 76.4 Å². The number of hydrogen-bond donors (Lipinski definition) is 2. The van der Waals surface area contributed by atoms with E-state index in [4.69, 9.17) is 0 Å². The minimum Gasteiger partial charge on any atom is -0.345 e. The summed E-state index contributed by atoms with van der Waals surface area (Å²) in [7, 11) is 0. The van der Waals surface area contributed by atoms with Crippen LogP contribution in [0.25, 0.3) is 5.83 Å². The van der Waals surface area contributed by atoms with Gasteiger partial charge in [0.1, 0.15) is 18.3 Å². The fraction of sp³-hybridized carbons (Fsp3) is 0.273. The van der Waals surface area contributed by atoms with Gasteiger partial charge in [-0.2, -0.15) is 39.5 Å². The molecule has 0 aliphatic heterocycles. The van der Waals surface area contributed by atoms with Crippen LogP contribution in [-0.4, -0.2) is 37.3 Å². The molecular formula is C22H14F12N2O2. The molecule has 2 rings (SSSR count). The lowest BCUT2D eigenvalue weighted by Gasteiger charge is -2.18. The molecular weight excluding hydrogens is 552 g/mol. The largest absolute Gasteiger partial charge is 0.417 e. The Morgan fingerprint density at radius 1 is 0.842 bits per heavy atom. The minimum atomic E-state index is -5.37. The SMILES string of the molecule is O=C(CNC(=O)c1ccc(C(F)=CC(c2ccc(F)c(F)c2)C(F)(F)F)cc1C(F)(F)F)NCC(F)(F)F. The van der Waals surface area contributed by atoms with Crippen LogP contribution in [0.2, 0.25) is 0 Å². The second-order valence-corrected chi connectivity index (χ2v) is 7.54. The Bertz CT molecular complexity index is 1220. The highest BCUT2D eigenvalue weighted by atomic mass is 19.4. The normalized spacial score (nSPS) is 13.7. The Balaban J connectivity index is 2.38. The van der Waals surface area contributed by atoms with Crippen molar-refractivity contribution in [3.63, 3.8) is 0 Å². The molecule has 2 amide bonds. The van der Waals surface area contributed by atoms with Crippen molar-refractivity contribution in [3.8, 4) is 0 Å². The smallest absolute Gasteiger partial charge is 0.345 e. The van der Waals surface area contributed by atoms with E-state index in [9.17, 15) is 62.3 Å². The maximum Gasteiger partial charge on any atom is 0.417 e. The van der Waals surface area contributed by atoms with Crippen LogP contribution in [0, 0.1) is 11.6 Å². The Kier molecular flexibility index (Phi) is 9.11. The van der Waals surface area contributed by atoms with E-state index in [0.717, 1.165) is 0 Å². The number of hydrogen-bond acceptors (Lipinski definition) is 2. The minimum absolute atomic E-state index is 0.0108. The number of carbonyl (C=O) groups excluding carboxylic acids is 2. The molecule has 0 aromatic heterocycles. The molecule has 1 unspecified atom stereocenters. The summed E-state index contributed by atoms with van der Waals surface area (Å²) in [6.07, 6.45) is -15.6. The van der Waals surface area contributed by atoms with Crippen LogP contribution in [0.5, 0.6) is 0 Å². The quantitative estimate of drug-likeness (QED) is 0.402. The Hall–Kier alpha value is -3.72. The topological polar surface area (TPSA) is 58.2 Å². The number of benzene rings is 2. The summed E-state index contributed by atoms with van der Waals surface area (Å²) in [5, 5.41) is 2.99. The highest BCUT2D eigenvalue weighted by Crippen LogP contribution is 2.40. The maximum absolute atomic E-state index is 14.7. The molecule has 0 saturated heterocycles. The Labute approximate surface area is 205 Å². The number of amides is 2. The summed E-state index contributed by atoms with van der Waals surface area (Å²) in [5.41, 5.74) is -5.09. The van der Waals surface area contributed by atoms with Gasteiger partial charge in [-0.05, 0) is 35.9 Å². The van der Waals surface area contributed by atoms with Gasteiger partial charge in [0.25, 0.3) is 5.91 Å². The molecule has 0 aliphatic carbocycles. The molecule has 0 bridgehead atoms. The molecule has 1 atom stereocenters. The number of halogens is 12. The zero-order valence-corrected chi connectivity index (χ0v) is 18.4. The van der Waals surface area contributed by atoms with Crippen molar-refractivity contribution in [1.82, 2.24) is 10.6 Å². The fourth-order valence-electron chi connectivity index (χ4n) is 2.97. The first-order valence-corrected chi connectivity index (χ1v) is 10.0. The van der Waals surface area contributed by atoms with Crippen LogP contribution < -0.4 is 10.6 Å². The van der Waals surface area contributed by atoms with E-state index in [2.05, 4.69) is 0 Å². The Morgan fingerprint density at radius 3 is 2.00 bits per heavy atom. The monoisotopic (exact) mass is 566 g/mol. The lowest BCUT2D eigenvalue weighted by Crippen LogP contribution is -2.41. The number of rotatable bonds is 7. The second-order valence-electron chi connectivity index (χ2n) is 7.54. The van der Waals surface area contributed by atoms with E-state index in [1.165, 1.54) is 5.32 Å². The van der Waals surface area contributed by atoms with Gasteiger partial charge in [0, 0.05) is 5.56 Å². The predicted molar refractivity (Wildman–Crippen MR) is 107 cm³/mol. The van der Waals surface area contributed by atoms with Gasteiger partial charge < -0.3 is 10.6 Å².